The highest BCUT2D eigenvalue weighted by Crippen LogP contribution is 2.33. The zero-order chi connectivity index (χ0) is 14.1. The van der Waals surface area contributed by atoms with E-state index in [4.69, 9.17) is 18.0 Å². The van der Waals surface area contributed by atoms with E-state index in [2.05, 4.69) is 26.2 Å². The van der Waals surface area contributed by atoms with Crippen molar-refractivity contribution in [1.29, 1.82) is 0 Å². The summed E-state index contributed by atoms with van der Waals surface area (Å²) < 4.78 is 0.941. The molecular formula is C14H14BrN3S2. The summed E-state index contributed by atoms with van der Waals surface area (Å²) in [5.74, 6) is 0. The summed E-state index contributed by atoms with van der Waals surface area (Å²) >= 11 is 10.3. The molecule has 0 aliphatic heterocycles. The minimum atomic E-state index is 0.405. The molecule has 2 aromatic rings. The summed E-state index contributed by atoms with van der Waals surface area (Å²) in [5, 5.41) is 4.33. The molecule has 1 aliphatic carbocycles. The topological polar surface area (TPSA) is 50.9 Å². The van der Waals surface area contributed by atoms with Gasteiger partial charge in [-0.3, -0.25) is 0 Å². The number of halogens is 1. The highest BCUT2D eigenvalue weighted by molar-refractivity contribution is 9.10. The maximum atomic E-state index is 5.63. The number of thiazole rings is 1. The van der Waals surface area contributed by atoms with Crippen LogP contribution in [0.4, 0.5) is 10.8 Å². The molecule has 1 aliphatic rings. The van der Waals surface area contributed by atoms with Gasteiger partial charge >= 0.3 is 0 Å². The van der Waals surface area contributed by atoms with Gasteiger partial charge in [0.15, 0.2) is 5.13 Å². The molecule has 0 unspecified atom stereocenters. The molecule has 6 heteroatoms. The smallest absolute Gasteiger partial charge is 0.187 e. The van der Waals surface area contributed by atoms with Crippen molar-refractivity contribution in [1.82, 2.24) is 4.98 Å². The molecule has 1 heterocycles. The zero-order valence-corrected chi connectivity index (χ0v) is 14.0. The second kappa shape index (κ2) is 5.79. The lowest BCUT2D eigenvalue weighted by Crippen LogP contribution is -2.09. The van der Waals surface area contributed by atoms with Crippen molar-refractivity contribution in [2.75, 3.05) is 5.32 Å². The first-order valence-corrected chi connectivity index (χ1v) is 8.50. The Kier molecular flexibility index (Phi) is 4.05. The van der Waals surface area contributed by atoms with Gasteiger partial charge in [0.2, 0.25) is 0 Å². The average Bonchev–Trinajstić information content (AvgIpc) is 2.83. The van der Waals surface area contributed by atoms with Crippen molar-refractivity contribution in [3.8, 4) is 0 Å². The number of nitrogens with zero attached hydrogens (tertiary/aromatic N) is 1. The first-order valence-electron chi connectivity index (χ1n) is 6.48. The number of nitrogens with one attached hydrogen (secondary N) is 1. The maximum absolute atomic E-state index is 5.63. The molecule has 20 heavy (non-hydrogen) atoms. The van der Waals surface area contributed by atoms with Crippen molar-refractivity contribution < 1.29 is 0 Å². The third-order valence-corrected chi connectivity index (χ3v) is 5.31. The predicted octanol–water partition coefficient (Wildman–Crippen LogP) is 4.16. The fraction of sp³-hybridized carbons (Fsp3) is 0.286. The maximum Gasteiger partial charge on any atom is 0.187 e. The van der Waals surface area contributed by atoms with Gasteiger partial charge in [0.05, 0.1) is 11.4 Å². The van der Waals surface area contributed by atoms with Gasteiger partial charge in [-0.1, -0.05) is 12.2 Å². The third kappa shape index (κ3) is 2.87. The quantitative estimate of drug-likeness (QED) is 0.799. The number of rotatable bonds is 3. The Morgan fingerprint density at radius 3 is 2.85 bits per heavy atom. The lowest BCUT2D eigenvalue weighted by molar-refractivity contribution is 0.683. The number of aromatic nitrogens is 1. The molecule has 3 N–H and O–H groups in total. The fourth-order valence-corrected chi connectivity index (χ4v) is 3.96. The standard InChI is InChI=1S/C14H14BrN3S2/c15-9-7-8(13(16)19)5-6-10(9)17-14-18-11-3-1-2-4-12(11)20-14/h5-7H,1-4H2,(H2,16,19)(H,17,18). The van der Waals surface area contributed by atoms with Crippen LogP contribution in [0.25, 0.3) is 0 Å². The summed E-state index contributed by atoms with van der Waals surface area (Å²) in [6, 6.07) is 5.82. The number of nitrogens with two attached hydrogens (primary N) is 1. The van der Waals surface area contributed by atoms with E-state index in [1.54, 1.807) is 11.3 Å². The van der Waals surface area contributed by atoms with Gasteiger partial charge < -0.3 is 11.1 Å². The summed E-state index contributed by atoms with van der Waals surface area (Å²) in [6.45, 7) is 0. The van der Waals surface area contributed by atoms with Crippen LogP contribution in [-0.2, 0) is 12.8 Å². The molecule has 0 spiro atoms. The van der Waals surface area contributed by atoms with Crippen LogP contribution in [0.3, 0.4) is 0 Å². The van der Waals surface area contributed by atoms with Crippen molar-refractivity contribution in [3.63, 3.8) is 0 Å². The molecule has 0 bridgehead atoms. The second-order valence-electron chi connectivity index (χ2n) is 4.78. The van der Waals surface area contributed by atoms with Gasteiger partial charge in [0.25, 0.3) is 0 Å². The Bertz CT molecular complexity index is 643. The lowest BCUT2D eigenvalue weighted by atomic mass is 10.0. The SMILES string of the molecule is NC(=S)c1ccc(Nc2nc3c(s2)CCCC3)c(Br)c1. The minimum absolute atomic E-state index is 0.405. The van der Waals surface area contributed by atoms with Crippen LogP contribution in [-0.4, -0.2) is 9.97 Å². The highest BCUT2D eigenvalue weighted by Gasteiger charge is 2.15. The third-order valence-electron chi connectivity index (χ3n) is 3.34. The number of thiocarbonyl (C=S) groups is 1. The normalized spacial score (nSPS) is 13.8. The Balaban J connectivity index is 1.84. The Labute approximate surface area is 135 Å². The van der Waals surface area contributed by atoms with E-state index >= 15 is 0 Å². The summed E-state index contributed by atoms with van der Waals surface area (Å²) in [7, 11) is 0. The van der Waals surface area contributed by atoms with Crippen LogP contribution in [0.2, 0.25) is 0 Å². The molecular weight excluding hydrogens is 354 g/mol. The molecule has 0 fully saturated rings. The number of fused-ring (bicyclic) bond motifs is 1. The second-order valence-corrected chi connectivity index (χ2v) is 7.16. The Morgan fingerprint density at radius 2 is 2.15 bits per heavy atom. The van der Waals surface area contributed by atoms with Gasteiger partial charge in [-0.2, -0.15) is 0 Å². The number of anilines is 2. The summed E-state index contributed by atoms with van der Waals surface area (Å²) in [6.07, 6.45) is 4.80. The number of hydrogen-bond donors (Lipinski definition) is 2. The fourth-order valence-electron chi connectivity index (χ4n) is 2.29. The van der Waals surface area contributed by atoms with E-state index in [-0.39, 0.29) is 0 Å². The first-order chi connectivity index (χ1) is 9.63. The molecule has 1 aromatic carbocycles. The molecule has 3 rings (SSSR count). The van der Waals surface area contributed by atoms with Gasteiger partial charge in [-0.25, -0.2) is 4.98 Å². The lowest BCUT2D eigenvalue weighted by Gasteiger charge is -2.07. The van der Waals surface area contributed by atoms with E-state index in [1.807, 2.05) is 18.2 Å². The van der Waals surface area contributed by atoms with Gasteiger partial charge in [0, 0.05) is 14.9 Å². The first kappa shape index (κ1) is 14.0. The minimum Gasteiger partial charge on any atom is -0.389 e. The van der Waals surface area contributed by atoms with Gasteiger partial charge in [0.1, 0.15) is 4.99 Å². The molecule has 104 valence electrons. The van der Waals surface area contributed by atoms with E-state index in [1.165, 1.54) is 23.4 Å². The van der Waals surface area contributed by atoms with Crippen LogP contribution in [0, 0.1) is 0 Å². The molecule has 3 nitrogen and oxygen atoms in total. The molecule has 0 amide bonds. The van der Waals surface area contributed by atoms with Crippen molar-refractivity contribution in [2.45, 2.75) is 25.7 Å². The van der Waals surface area contributed by atoms with Crippen LogP contribution < -0.4 is 11.1 Å². The Hall–Kier alpha value is -0.980. The van der Waals surface area contributed by atoms with Gasteiger partial charge in [-0.05, 0) is 59.8 Å². The van der Waals surface area contributed by atoms with Crippen LogP contribution in [0.15, 0.2) is 22.7 Å². The average molecular weight is 368 g/mol. The van der Waals surface area contributed by atoms with E-state index in [0.717, 1.165) is 33.7 Å². The molecule has 0 radical (unpaired) electrons. The number of hydrogen-bond acceptors (Lipinski definition) is 4. The molecule has 0 saturated heterocycles. The monoisotopic (exact) mass is 367 g/mol. The molecule has 0 atom stereocenters. The number of aryl methyl sites for hydroxylation is 2. The van der Waals surface area contributed by atoms with E-state index in [9.17, 15) is 0 Å². The molecule has 1 aromatic heterocycles. The van der Waals surface area contributed by atoms with Crippen molar-refractivity contribution in [2.24, 2.45) is 5.73 Å². The van der Waals surface area contributed by atoms with Gasteiger partial charge in [-0.15, -0.1) is 11.3 Å². The summed E-state index contributed by atoms with van der Waals surface area (Å²) in [4.78, 5) is 6.51. The molecule has 0 saturated carbocycles. The Morgan fingerprint density at radius 1 is 1.35 bits per heavy atom. The largest absolute Gasteiger partial charge is 0.389 e. The summed E-state index contributed by atoms with van der Waals surface area (Å²) in [5.41, 5.74) is 8.73. The number of benzene rings is 1. The van der Waals surface area contributed by atoms with Crippen LogP contribution >= 0.6 is 39.5 Å². The van der Waals surface area contributed by atoms with Crippen molar-refractivity contribution >= 4 is 55.3 Å². The van der Waals surface area contributed by atoms with Crippen LogP contribution in [0.5, 0.6) is 0 Å². The van der Waals surface area contributed by atoms with E-state index < -0.39 is 0 Å². The predicted molar refractivity (Wildman–Crippen MR) is 92.1 cm³/mol. The van der Waals surface area contributed by atoms with E-state index in [0.29, 0.717) is 4.99 Å². The van der Waals surface area contributed by atoms with Crippen LogP contribution in [0.1, 0.15) is 29.0 Å². The zero-order valence-electron chi connectivity index (χ0n) is 10.8. The highest BCUT2D eigenvalue weighted by atomic mass is 79.9. The van der Waals surface area contributed by atoms with Crippen molar-refractivity contribution in [3.05, 3.63) is 38.8 Å².